The molecule has 0 aliphatic heterocycles. The average molecular weight is 364 g/mol. The molecular formula is C18H15Cl2NO3. The van der Waals surface area contributed by atoms with Crippen molar-refractivity contribution in [2.45, 2.75) is 19.3 Å². The van der Waals surface area contributed by atoms with Crippen LogP contribution in [0.2, 0.25) is 10.0 Å². The fourth-order valence-electron chi connectivity index (χ4n) is 2.69. The third kappa shape index (κ3) is 3.89. The van der Waals surface area contributed by atoms with E-state index in [4.69, 9.17) is 27.9 Å². The number of ether oxygens (including phenoxy) is 1. The van der Waals surface area contributed by atoms with E-state index in [9.17, 15) is 9.59 Å². The highest BCUT2D eigenvalue weighted by atomic mass is 35.5. The molecule has 3 rings (SSSR count). The highest BCUT2D eigenvalue weighted by Crippen LogP contribution is 2.25. The molecule has 124 valence electrons. The molecular weight excluding hydrogens is 349 g/mol. The third-order valence-corrected chi connectivity index (χ3v) is 4.44. The van der Waals surface area contributed by atoms with Crippen molar-refractivity contribution >= 4 is 40.8 Å². The zero-order valence-corrected chi connectivity index (χ0v) is 14.3. The summed E-state index contributed by atoms with van der Waals surface area (Å²) in [5, 5.41) is 3.37. The molecule has 0 saturated heterocycles. The van der Waals surface area contributed by atoms with Crippen molar-refractivity contribution in [2.24, 2.45) is 0 Å². The van der Waals surface area contributed by atoms with Gasteiger partial charge in [-0.2, -0.15) is 0 Å². The number of nitrogens with one attached hydrogen (secondary N) is 1. The van der Waals surface area contributed by atoms with Crippen molar-refractivity contribution in [1.82, 2.24) is 0 Å². The van der Waals surface area contributed by atoms with Crippen LogP contribution < -0.4 is 5.32 Å². The number of aryl methyl sites for hydroxylation is 2. The Bertz CT molecular complexity index is 805. The number of carbonyl (C=O) groups excluding carboxylic acids is 2. The molecule has 24 heavy (non-hydrogen) atoms. The van der Waals surface area contributed by atoms with E-state index in [0.717, 1.165) is 19.3 Å². The van der Waals surface area contributed by atoms with E-state index < -0.39 is 18.5 Å². The molecule has 0 unspecified atom stereocenters. The minimum Gasteiger partial charge on any atom is -0.452 e. The second-order valence-electron chi connectivity index (χ2n) is 5.59. The van der Waals surface area contributed by atoms with Gasteiger partial charge in [-0.15, -0.1) is 0 Å². The predicted octanol–water partition coefficient (Wildman–Crippen LogP) is 4.28. The highest BCUT2D eigenvalue weighted by Gasteiger charge is 2.16. The Kier molecular flexibility index (Phi) is 5.07. The molecule has 1 N–H and O–H groups in total. The van der Waals surface area contributed by atoms with Gasteiger partial charge < -0.3 is 10.1 Å². The minimum atomic E-state index is -0.517. The van der Waals surface area contributed by atoms with Crippen molar-refractivity contribution in [1.29, 1.82) is 0 Å². The molecule has 2 aromatic carbocycles. The number of hydrogen-bond donors (Lipinski definition) is 1. The van der Waals surface area contributed by atoms with E-state index in [1.54, 1.807) is 18.2 Å². The lowest BCUT2D eigenvalue weighted by atomic mass is 10.1. The van der Waals surface area contributed by atoms with Gasteiger partial charge in [0.1, 0.15) is 0 Å². The van der Waals surface area contributed by atoms with Crippen LogP contribution in [0.15, 0.2) is 36.4 Å². The van der Waals surface area contributed by atoms with Crippen molar-refractivity contribution in [3.8, 4) is 0 Å². The van der Waals surface area contributed by atoms with Gasteiger partial charge in [-0.3, -0.25) is 4.79 Å². The van der Waals surface area contributed by atoms with Gasteiger partial charge in [0.2, 0.25) is 0 Å². The highest BCUT2D eigenvalue weighted by molar-refractivity contribution is 6.35. The van der Waals surface area contributed by atoms with E-state index in [0.29, 0.717) is 21.3 Å². The first kappa shape index (κ1) is 16.8. The normalized spacial score (nSPS) is 12.6. The topological polar surface area (TPSA) is 55.4 Å². The summed E-state index contributed by atoms with van der Waals surface area (Å²) in [4.78, 5) is 24.0. The quantitative estimate of drug-likeness (QED) is 0.824. The van der Waals surface area contributed by atoms with Crippen LogP contribution in [-0.4, -0.2) is 18.5 Å². The largest absolute Gasteiger partial charge is 0.452 e. The van der Waals surface area contributed by atoms with Gasteiger partial charge in [-0.1, -0.05) is 29.3 Å². The van der Waals surface area contributed by atoms with Crippen LogP contribution >= 0.6 is 23.2 Å². The zero-order valence-electron chi connectivity index (χ0n) is 12.8. The maximum absolute atomic E-state index is 12.1. The average Bonchev–Trinajstić information content (AvgIpc) is 3.03. The number of amides is 1. The maximum atomic E-state index is 12.1. The number of hydrogen-bond acceptors (Lipinski definition) is 3. The lowest BCUT2D eigenvalue weighted by Gasteiger charge is -2.09. The van der Waals surface area contributed by atoms with Crippen LogP contribution in [0.4, 0.5) is 5.69 Å². The van der Waals surface area contributed by atoms with Crippen LogP contribution in [0.1, 0.15) is 27.9 Å². The molecule has 0 spiro atoms. The monoisotopic (exact) mass is 363 g/mol. The zero-order chi connectivity index (χ0) is 17.1. The molecule has 0 atom stereocenters. The van der Waals surface area contributed by atoms with Crippen LogP contribution in [-0.2, 0) is 22.4 Å². The number of esters is 1. The maximum Gasteiger partial charge on any atom is 0.338 e. The summed E-state index contributed by atoms with van der Waals surface area (Å²) >= 11 is 11.8. The lowest BCUT2D eigenvalue weighted by molar-refractivity contribution is -0.119. The van der Waals surface area contributed by atoms with Crippen LogP contribution in [0.25, 0.3) is 0 Å². The molecule has 0 aromatic heterocycles. The Morgan fingerprint density at radius 1 is 1.04 bits per heavy atom. The molecule has 1 aliphatic carbocycles. The number of anilines is 1. The summed E-state index contributed by atoms with van der Waals surface area (Å²) in [7, 11) is 0. The van der Waals surface area contributed by atoms with Gasteiger partial charge in [0.15, 0.2) is 6.61 Å². The molecule has 4 nitrogen and oxygen atoms in total. The molecule has 1 amide bonds. The van der Waals surface area contributed by atoms with E-state index in [-0.39, 0.29) is 0 Å². The van der Waals surface area contributed by atoms with E-state index in [1.807, 2.05) is 12.1 Å². The van der Waals surface area contributed by atoms with E-state index in [1.165, 1.54) is 17.2 Å². The standard InChI is InChI=1S/C18H15Cl2NO3/c19-14-6-7-15(20)16(9-14)21-17(22)10-24-18(23)13-5-4-11-2-1-3-12(11)8-13/h4-9H,1-3,10H2,(H,21,22). The van der Waals surface area contributed by atoms with Crippen LogP contribution in [0, 0.1) is 0 Å². The summed E-state index contributed by atoms with van der Waals surface area (Å²) in [5.74, 6) is -0.995. The number of rotatable bonds is 4. The molecule has 0 heterocycles. The van der Waals surface area contributed by atoms with Crippen LogP contribution in [0.5, 0.6) is 0 Å². The molecule has 0 bridgehead atoms. The van der Waals surface area contributed by atoms with Gasteiger partial charge in [0.25, 0.3) is 5.91 Å². The Labute approximate surface area is 149 Å². The first-order valence-electron chi connectivity index (χ1n) is 7.57. The number of halogens is 2. The van der Waals surface area contributed by atoms with Gasteiger partial charge in [-0.05, 0) is 60.7 Å². The van der Waals surface area contributed by atoms with Crippen molar-refractivity contribution in [3.05, 3.63) is 63.1 Å². The first-order valence-corrected chi connectivity index (χ1v) is 8.32. The van der Waals surface area contributed by atoms with E-state index in [2.05, 4.69) is 5.32 Å². The summed E-state index contributed by atoms with van der Waals surface area (Å²) in [6, 6.07) is 10.3. The fraction of sp³-hybridized carbons (Fsp3) is 0.222. The Morgan fingerprint density at radius 2 is 1.83 bits per heavy atom. The molecule has 6 heteroatoms. The van der Waals surface area contributed by atoms with Crippen molar-refractivity contribution in [3.63, 3.8) is 0 Å². The molecule has 1 aliphatic rings. The van der Waals surface area contributed by atoms with Gasteiger partial charge in [-0.25, -0.2) is 4.79 Å². The van der Waals surface area contributed by atoms with Crippen molar-refractivity contribution in [2.75, 3.05) is 11.9 Å². The molecule has 0 fully saturated rings. The number of fused-ring (bicyclic) bond motifs is 1. The minimum absolute atomic E-state index is 0.359. The summed E-state index contributed by atoms with van der Waals surface area (Å²) < 4.78 is 5.06. The smallest absolute Gasteiger partial charge is 0.338 e. The predicted molar refractivity (Wildman–Crippen MR) is 93.8 cm³/mol. The lowest BCUT2D eigenvalue weighted by Crippen LogP contribution is -2.21. The fourth-order valence-corrected chi connectivity index (χ4v) is 3.03. The molecule has 2 aromatic rings. The molecule has 0 saturated carbocycles. The van der Waals surface area contributed by atoms with Gasteiger partial charge in [0.05, 0.1) is 16.3 Å². The van der Waals surface area contributed by atoms with Crippen molar-refractivity contribution < 1.29 is 14.3 Å². The Morgan fingerprint density at radius 3 is 2.67 bits per heavy atom. The number of carbonyl (C=O) groups is 2. The van der Waals surface area contributed by atoms with Gasteiger partial charge >= 0.3 is 5.97 Å². The van der Waals surface area contributed by atoms with Crippen LogP contribution in [0.3, 0.4) is 0 Å². The Hall–Kier alpha value is -2.04. The van der Waals surface area contributed by atoms with E-state index >= 15 is 0 Å². The summed E-state index contributed by atoms with van der Waals surface area (Å²) in [5.41, 5.74) is 3.30. The second-order valence-corrected chi connectivity index (χ2v) is 6.43. The molecule has 0 radical (unpaired) electrons. The summed E-state index contributed by atoms with van der Waals surface area (Å²) in [6.07, 6.45) is 3.13. The first-order chi connectivity index (χ1) is 11.5. The second kappa shape index (κ2) is 7.24. The third-order valence-electron chi connectivity index (χ3n) is 3.87. The number of benzene rings is 2. The summed E-state index contributed by atoms with van der Waals surface area (Å²) in [6.45, 7) is -0.390. The Balaban J connectivity index is 1.58. The SMILES string of the molecule is O=C(COC(=O)c1ccc2c(c1)CCC2)Nc1cc(Cl)ccc1Cl. The van der Waals surface area contributed by atoms with Gasteiger partial charge in [0, 0.05) is 5.02 Å².